The summed E-state index contributed by atoms with van der Waals surface area (Å²) >= 11 is 0. The number of carbonyl (C=O) groups excluding carboxylic acids is 12. The summed E-state index contributed by atoms with van der Waals surface area (Å²) in [5, 5.41) is 25.5. The maximum atomic E-state index is 16.4. The highest BCUT2D eigenvalue weighted by atomic mass is 16.6. The number of nitrogens with one attached hydrogen (secondary N) is 9. The summed E-state index contributed by atoms with van der Waals surface area (Å²) in [5.41, 5.74) is 5.85. The van der Waals surface area contributed by atoms with Crippen molar-refractivity contribution in [1.82, 2.24) is 77.3 Å². The first-order valence-electron chi connectivity index (χ1n) is 44.0. The zero-order valence-electron chi connectivity index (χ0n) is 74.3. The van der Waals surface area contributed by atoms with Crippen LogP contribution in [-0.2, 0) is 110 Å². The van der Waals surface area contributed by atoms with Gasteiger partial charge in [0.25, 0.3) is 5.91 Å². The van der Waals surface area contributed by atoms with E-state index in [1.807, 2.05) is 146 Å². The fourth-order valence-electron chi connectivity index (χ4n) is 13.7. The third-order valence-corrected chi connectivity index (χ3v) is 21.0. The van der Waals surface area contributed by atoms with E-state index in [2.05, 4.69) is 47.9 Å². The molecular weight excluding hydrogens is 1700 g/mol. The lowest BCUT2D eigenvalue weighted by molar-refractivity contribution is -0.844. The molecule has 1 aliphatic rings. The molecule has 0 bridgehead atoms. The van der Waals surface area contributed by atoms with Gasteiger partial charge < -0.3 is 100 Å². The standard InChI is InChI=1S/C96H120N16O20/c113-85(65-106(51-43-98-89(117)125-69-77-25-9-1-10-26-77)52-44-99-90(118)126-70-78-27-11-2-12-28-78)109-57-41-97-42-58-110(86(114)66-107(53-45-100-91(119)127-71-79-29-13-3-14-30-79)54-46-101-92(120)128-72-80-31-15-4-16-32-80)60-62-111(61-59-109)87(115)68-112(63-49-104-95(123)131-75-83-37-21-7-22-38-83,64-50-105-96(124)132-76-84-39-23-8-24-40-84)88(116)67-108(55-47-102-93(121)129-73-81-33-17-5-18-34-81)56-48-103-94(122)130-74-82-35-19-6-20-36-82/h1-40,97H,41-76H2,(H7-,98,99,100,101,102,103,104,105,117,118,119,120,121,122,123,124)/p+1. The van der Waals surface area contributed by atoms with Gasteiger partial charge in [-0.15, -0.1) is 0 Å². The van der Waals surface area contributed by atoms with Crippen LogP contribution in [0.5, 0.6) is 0 Å². The molecule has 36 nitrogen and oxygen atoms in total. The molecule has 1 heterocycles. The normalized spacial score (nSPS) is 12.3. The molecule has 9 N–H and O–H groups in total. The number of hydrogen-bond donors (Lipinski definition) is 9. The van der Waals surface area contributed by atoms with Crippen molar-refractivity contribution in [3.63, 3.8) is 0 Å². The van der Waals surface area contributed by atoms with Crippen molar-refractivity contribution >= 4 is 72.4 Å². The highest BCUT2D eigenvalue weighted by molar-refractivity contribution is 5.82. The van der Waals surface area contributed by atoms with Crippen molar-refractivity contribution in [1.29, 1.82) is 0 Å². The van der Waals surface area contributed by atoms with E-state index in [9.17, 15) is 38.4 Å². The second-order valence-electron chi connectivity index (χ2n) is 30.8. The van der Waals surface area contributed by atoms with Gasteiger partial charge in [0, 0.05) is 131 Å². The van der Waals surface area contributed by atoms with Gasteiger partial charge in [-0.3, -0.25) is 29.1 Å². The van der Waals surface area contributed by atoms with Crippen LogP contribution in [0.1, 0.15) is 44.5 Å². The third kappa shape index (κ3) is 41.1. The molecule has 0 saturated carbocycles. The van der Waals surface area contributed by atoms with Gasteiger partial charge in [0.05, 0.1) is 26.2 Å². The molecule has 1 aliphatic heterocycles. The predicted octanol–water partition coefficient (Wildman–Crippen LogP) is 7.74. The Kier molecular flexibility index (Phi) is 45.5. The van der Waals surface area contributed by atoms with Crippen molar-refractivity contribution in [3.8, 4) is 0 Å². The van der Waals surface area contributed by atoms with E-state index < -0.39 is 89.9 Å². The lowest BCUT2D eigenvalue weighted by Gasteiger charge is -2.39. The third-order valence-electron chi connectivity index (χ3n) is 21.0. The van der Waals surface area contributed by atoms with E-state index in [1.54, 1.807) is 122 Å². The molecule has 704 valence electrons. The number of carbonyl (C=O) groups is 12. The predicted molar refractivity (Wildman–Crippen MR) is 489 cm³/mol. The van der Waals surface area contributed by atoms with Crippen LogP contribution in [0.3, 0.4) is 0 Å². The molecule has 0 atom stereocenters. The van der Waals surface area contributed by atoms with Crippen LogP contribution in [0.15, 0.2) is 243 Å². The second kappa shape index (κ2) is 59.1. The van der Waals surface area contributed by atoms with Gasteiger partial charge in [-0.1, -0.05) is 243 Å². The molecule has 12 amide bonds. The summed E-state index contributed by atoms with van der Waals surface area (Å²) in [4.78, 5) is 180. The molecule has 0 aliphatic carbocycles. The fourth-order valence-corrected chi connectivity index (χ4v) is 13.7. The van der Waals surface area contributed by atoms with Gasteiger partial charge in [-0.05, 0) is 44.5 Å². The Balaban J connectivity index is 1.03. The molecule has 36 heteroatoms. The van der Waals surface area contributed by atoms with E-state index in [-0.39, 0.29) is 223 Å². The van der Waals surface area contributed by atoms with Gasteiger partial charge in [0.2, 0.25) is 11.8 Å². The number of ether oxygens (including phenoxy) is 8. The molecule has 1 saturated heterocycles. The molecule has 8 aromatic rings. The zero-order valence-corrected chi connectivity index (χ0v) is 74.3. The molecule has 0 aromatic heterocycles. The Hall–Kier alpha value is -14.2. The van der Waals surface area contributed by atoms with Crippen LogP contribution >= 0.6 is 0 Å². The van der Waals surface area contributed by atoms with Crippen LogP contribution in [0.25, 0.3) is 0 Å². The number of nitrogens with zero attached hydrogens (tertiary/aromatic N) is 7. The van der Waals surface area contributed by atoms with Crippen LogP contribution in [0.2, 0.25) is 0 Å². The van der Waals surface area contributed by atoms with Crippen molar-refractivity contribution in [2.45, 2.75) is 52.9 Å². The maximum absolute atomic E-state index is 16.4. The smallest absolute Gasteiger partial charge is 0.407 e. The first-order valence-corrected chi connectivity index (χ1v) is 44.0. The number of quaternary nitrogens is 1. The van der Waals surface area contributed by atoms with E-state index >= 15 is 19.2 Å². The molecule has 8 aromatic carbocycles. The van der Waals surface area contributed by atoms with Gasteiger partial charge in [-0.25, -0.2) is 47.6 Å². The highest BCUT2D eigenvalue weighted by Gasteiger charge is 2.41. The number of rotatable bonds is 48. The Labute approximate surface area is 769 Å². The average Bonchev–Trinajstić information content (AvgIpc) is 0.807. The summed E-state index contributed by atoms with van der Waals surface area (Å²) in [5.74, 6) is -2.19. The summed E-state index contributed by atoms with van der Waals surface area (Å²) in [7, 11) is 0. The van der Waals surface area contributed by atoms with Crippen molar-refractivity contribution in [2.75, 3.05) is 183 Å². The molecule has 0 spiro atoms. The van der Waals surface area contributed by atoms with E-state index in [0.717, 1.165) is 33.4 Å². The minimum absolute atomic E-state index is 0.00426. The molecule has 0 unspecified atom stereocenters. The molecular formula is C96H121N16O20+. The van der Waals surface area contributed by atoms with E-state index in [1.165, 1.54) is 4.90 Å². The minimum Gasteiger partial charge on any atom is -0.445 e. The lowest BCUT2D eigenvalue weighted by atomic mass is 10.2. The van der Waals surface area contributed by atoms with Crippen molar-refractivity contribution in [2.24, 2.45) is 0 Å². The Bertz CT molecular complexity index is 4390. The lowest BCUT2D eigenvalue weighted by Crippen LogP contribution is -2.65. The minimum atomic E-state index is -0.870. The molecule has 1 fully saturated rings. The van der Waals surface area contributed by atoms with E-state index in [0.29, 0.717) is 11.1 Å². The Morgan fingerprint density at radius 1 is 0.250 bits per heavy atom. The summed E-state index contributed by atoms with van der Waals surface area (Å²) in [6, 6.07) is 72.3. The average molecular weight is 1820 g/mol. The maximum Gasteiger partial charge on any atom is 0.407 e. The largest absolute Gasteiger partial charge is 0.445 e. The SMILES string of the molecule is O=C(NCCN(CCNC(=O)OCc1ccccc1)CC(=O)N1CCNCCN(C(=O)CN(CCNC(=O)OCc2ccccc2)CCNC(=O)OCc2ccccc2)CCN(C(=O)C[N+](CCNC(=O)OCc2ccccc2)(CCNC(=O)OCc2ccccc2)C(=O)CN(CCNC(=O)OCc2ccccc2)CCNC(=O)OCc2ccccc2)CC1)OCc1ccccc1. The van der Waals surface area contributed by atoms with Crippen molar-refractivity contribution < 1.29 is 99.9 Å². The Morgan fingerprint density at radius 3 is 0.652 bits per heavy atom. The number of hydrogen-bond acceptors (Lipinski definition) is 24. The van der Waals surface area contributed by atoms with Crippen molar-refractivity contribution in [3.05, 3.63) is 287 Å². The van der Waals surface area contributed by atoms with Gasteiger partial charge in [-0.2, -0.15) is 0 Å². The van der Waals surface area contributed by atoms with Crippen LogP contribution in [-0.4, -0.2) is 290 Å². The van der Waals surface area contributed by atoms with E-state index in [4.69, 9.17) is 37.9 Å². The van der Waals surface area contributed by atoms with Crippen LogP contribution < -0.4 is 47.9 Å². The fraction of sp³-hybridized carbons (Fsp3) is 0.375. The van der Waals surface area contributed by atoms with Gasteiger partial charge in [0.15, 0.2) is 6.54 Å². The summed E-state index contributed by atoms with van der Waals surface area (Å²) < 4.78 is 43.6. The van der Waals surface area contributed by atoms with Gasteiger partial charge in [0.1, 0.15) is 72.5 Å². The van der Waals surface area contributed by atoms with Crippen LogP contribution in [0, 0.1) is 0 Å². The number of alkyl carbamates (subject to hydrolysis) is 8. The highest BCUT2D eigenvalue weighted by Crippen LogP contribution is 2.16. The van der Waals surface area contributed by atoms with Gasteiger partial charge >= 0.3 is 54.7 Å². The molecule has 0 radical (unpaired) electrons. The summed E-state index contributed by atoms with van der Waals surface area (Å²) in [6.45, 7) is -3.76. The summed E-state index contributed by atoms with van der Waals surface area (Å²) in [6.07, 6.45) is -6.13. The Morgan fingerprint density at radius 2 is 0.439 bits per heavy atom. The zero-order chi connectivity index (χ0) is 93.3. The first-order chi connectivity index (χ1) is 64.4. The number of amides is 12. The quantitative estimate of drug-likeness (QED) is 0.0130. The molecule has 132 heavy (non-hydrogen) atoms. The monoisotopic (exact) mass is 1820 g/mol. The topological polar surface area (TPSA) is 406 Å². The number of benzene rings is 8. The molecule has 9 rings (SSSR count). The van der Waals surface area contributed by atoms with Crippen LogP contribution in [0.4, 0.5) is 38.4 Å². The second-order valence-corrected chi connectivity index (χ2v) is 30.8. The first kappa shape index (κ1) is 102.